The van der Waals surface area contributed by atoms with E-state index in [1.54, 1.807) is 31.2 Å². The average molecular weight is 433 g/mol. The lowest BCUT2D eigenvalue weighted by molar-refractivity contribution is -0.121. The quantitative estimate of drug-likeness (QED) is 0.588. The minimum atomic E-state index is -2.99. The third-order valence-corrected chi connectivity index (χ3v) is 4.68. The van der Waals surface area contributed by atoms with Gasteiger partial charge in [-0.25, -0.2) is 4.79 Å². The van der Waals surface area contributed by atoms with Crippen LogP contribution in [0, 0.1) is 0 Å². The van der Waals surface area contributed by atoms with Crippen LogP contribution in [0.1, 0.15) is 12.5 Å². The number of amides is 1. The standard InChI is InChI=1S/C21H21F2N3O5/c1-3-25-19(28)14-6-4-5-7-15(14)26(21(25)29)12-18(27)24-11-13-8-9-16(31-20(22)23)17(10-13)30-2/h4-10,20H,3,11-12H2,1-2H3,(H,24,27). The van der Waals surface area contributed by atoms with Crippen molar-refractivity contribution in [1.29, 1.82) is 0 Å². The number of benzene rings is 2. The Bertz CT molecular complexity index is 1220. The maximum Gasteiger partial charge on any atom is 0.387 e. The highest BCUT2D eigenvalue weighted by Gasteiger charge is 2.15. The van der Waals surface area contributed by atoms with Gasteiger partial charge in [0.2, 0.25) is 5.91 Å². The Morgan fingerprint density at radius 3 is 2.52 bits per heavy atom. The highest BCUT2D eigenvalue weighted by atomic mass is 19.3. The van der Waals surface area contributed by atoms with E-state index in [9.17, 15) is 23.2 Å². The van der Waals surface area contributed by atoms with Crippen molar-refractivity contribution in [3.05, 3.63) is 68.9 Å². The Hall–Kier alpha value is -3.69. The van der Waals surface area contributed by atoms with Crippen LogP contribution < -0.4 is 26.0 Å². The minimum Gasteiger partial charge on any atom is -0.493 e. The number of methoxy groups -OCH3 is 1. The molecule has 1 heterocycles. The number of hydrogen-bond donors (Lipinski definition) is 1. The number of carbonyl (C=O) groups excluding carboxylic acids is 1. The van der Waals surface area contributed by atoms with Gasteiger partial charge in [-0.1, -0.05) is 18.2 Å². The number of aromatic nitrogens is 2. The monoisotopic (exact) mass is 433 g/mol. The molecule has 3 rings (SSSR count). The molecule has 0 aliphatic rings. The number of para-hydroxylation sites is 1. The van der Waals surface area contributed by atoms with Crippen molar-refractivity contribution in [1.82, 2.24) is 14.5 Å². The number of nitrogens with zero attached hydrogens (tertiary/aromatic N) is 2. The average Bonchev–Trinajstić information content (AvgIpc) is 2.76. The Kier molecular flexibility index (Phi) is 6.68. The van der Waals surface area contributed by atoms with Gasteiger partial charge in [0.1, 0.15) is 6.54 Å². The highest BCUT2D eigenvalue weighted by molar-refractivity contribution is 5.81. The molecule has 1 N–H and O–H groups in total. The van der Waals surface area contributed by atoms with E-state index >= 15 is 0 Å². The lowest BCUT2D eigenvalue weighted by Gasteiger charge is -2.14. The summed E-state index contributed by atoms with van der Waals surface area (Å²) in [5, 5.41) is 3.02. The van der Waals surface area contributed by atoms with Gasteiger partial charge in [0.25, 0.3) is 5.56 Å². The normalized spacial score (nSPS) is 11.0. The number of ether oxygens (including phenoxy) is 2. The molecule has 2 aromatic carbocycles. The summed E-state index contributed by atoms with van der Waals surface area (Å²) in [4.78, 5) is 37.7. The smallest absolute Gasteiger partial charge is 0.387 e. The van der Waals surface area contributed by atoms with Crippen LogP contribution in [0.2, 0.25) is 0 Å². The first kappa shape index (κ1) is 22.0. The van der Waals surface area contributed by atoms with Gasteiger partial charge in [-0.05, 0) is 36.8 Å². The molecule has 0 saturated carbocycles. The second-order valence-corrected chi connectivity index (χ2v) is 6.58. The maximum atomic E-state index is 12.7. The van der Waals surface area contributed by atoms with Gasteiger partial charge < -0.3 is 14.8 Å². The molecule has 10 heteroatoms. The molecule has 164 valence electrons. The highest BCUT2D eigenvalue weighted by Crippen LogP contribution is 2.29. The van der Waals surface area contributed by atoms with Gasteiger partial charge in [-0.15, -0.1) is 0 Å². The van der Waals surface area contributed by atoms with Crippen molar-refractivity contribution in [2.75, 3.05) is 7.11 Å². The Balaban J connectivity index is 1.80. The lowest BCUT2D eigenvalue weighted by Crippen LogP contribution is -2.42. The van der Waals surface area contributed by atoms with Crippen molar-refractivity contribution in [3.8, 4) is 11.5 Å². The molecule has 1 amide bonds. The van der Waals surface area contributed by atoms with Crippen molar-refractivity contribution in [2.45, 2.75) is 33.2 Å². The van der Waals surface area contributed by atoms with Crippen LogP contribution >= 0.6 is 0 Å². The topological polar surface area (TPSA) is 91.6 Å². The summed E-state index contributed by atoms with van der Waals surface area (Å²) >= 11 is 0. The fourth-order valence-electron chi connectivity index (χ4n) is 3.22. The number of nitrogens with one attached hydrogen (secondary N) is 1. The number of halogens is 2. The molecule has 0 spiro atoms. The molecule has 0 saturated heterocycles. The van der Waals surface area contributed by atoms with E-state index in [1.807, 2.05) is 0 Å². The van der Waals surface area contributed by atoms with E-state index in [2.05, 4.69) is 10.1 Å². The molecular formula is C21H21F2N3O5. The zero-order valence-corrected chi connectivity index (χ0v) is 16.9. The number of rotatable bonds is 8. The molecule has 0 fully saturated rings. The molecule has 0 aliphatic carbocycles. The van der Waals surface area contributed by atoms with Gasteiger partial charge in [0.15, 0.2) is 11.5 Å². The second-order valence-electron chi connectivity index (χ2n) is 6.58. The van der Waals surface area contributed by atoms with E-state index in [0.717, 1.165) is 4.57 Å². The van der Waals surface area contributed by atoms with E-state index < -0.39 is 23.8 Å². The first-order valence-electron chi connectivity index (χ1n) is 9.46. The molecule has 31 heavy (non-hydrogen) atoms. The fraction of sp³-hybridized carbons (Fsp3) is 0.286. The van der Waals surface area contributed by atoms with Crippen LogP contribution in [0.15, 0.2) is 52.1 Å². The summed E-state index contributed by atoms with van der Waals surface area (Å²) in [6, 6.07) is 10.9. The summed E-state index contributed by atoms with van der Waals surface area (Å²) in [6.07, 6.45) is 0. The number of carbonyl (C=O) groups is 1. The first-order valence-corrected chi connectivity index (χ1v) is 9.46. The maximum absolute atomic E-state index is 12.7. The van der Waals surface area contributed by atoms with E-state index in [1.165, 1.54) is 29.9 Å². The van der Waals surface area contributed by atoms with Crippen LogP contribution in [0.4, 0.5) is 8.78 Å². The molecule has 0 aliphatic heterocycles. The van der Waals surface area contributed by atoms with Gasteiger partial charge in [-0.3, -0.25) is 18.7 Å². The molecule has 1 aromatic heterocycles. The summed E-state index contributed by atoms with van der Waals surface area (Å²) in [5.41, 5.74) is -0.0236. The molecule has 0 radical (unpaired) electrons. The Morgan fingerprint density at radius 2 is 1.84 bits per heavy atom. The van der Waals surface area contributed by atoms with Crippen molar-refractivity contribution in [2.24, 2.45) is 0 Å². The van der Waals surface area contributed by atoms with Gasteiger partial charge in [-0.2, -0.15) is 8.78 Å². The Morgan fingerprint density at radius 1 is 1.10 bits per heavy atom. The van der Waals surface area contributed by atoms with Crippen LogP contribution in [-0.2, 0) is 24.4 Å². The third kappa shape index (κ3) is 4.73. The van der Waals surface area contributed by atoms with Gasteiger partial charge >= 0.3 is 12.3 Å². The van der Waals surface area contributed by atoms with E-state index in [0.29, 0.717) is 16.5 Å². The SMILES string of the molecule is CCn1c(=O)c2ccccc2n(CC(=O)NCc2ccc(OC(F)F)c(OC)c2)c1=O. The van der Waals surface area contributed by atoms with Gasteiger partial charge in [0.05, 0.1) is 18.0 Å². The molecule has 0 unspecified atom stereocenters. The Labute approximate surface area is 175 Å². The summed E-state index contributed by atoms with van der Waals surface area (Å²) in [5.74, 6) is -0.475. The van der Waals surface area contributed by atoms with Crippen molar-refractivity contribution in [3.63, 3.8) is 0 Å². The molecule has 8 nitrogen and oxygen atoms in total. The summed E-state index contributed by atoms with van der Waals surface area (Å²) < 4.78 is 36.6. The second kappa shape index (κ2) is 9.41. The summed E-state index contributed by atoms with van der Waals surface area (Å²) in [7, 11) is 1.32. The zero-order chi connectivity index (χ0) is 22.5. The molecule has 0 bridgehead atoms. The molecule has 3 aromatic rings. The van der Waals surface area contributed by atoms with E-state index in [4.69, 9.17) is 4.74 Å². The van der Waals surface area contributed by atoms with Crippen LogP contribution in [0.5, 0.6) is 11.5 Å². The number of fused-ring (bicyclic) bond motifs is 1. The number of hydrogen-bond acceptors (Lipinski definition) is 5. The summed E-state index contributed by atoms with van der Waals surface area (Å²) in [6.45, 7) is -1.35. The van der Waals surface area contributed by atoms with Crippen molar-refractivity contribution < 1.29 is 23.0 Å². The number of alkyl halides is 2. The van der Waals surface area contributed by atoms with E-state index in [-0.39, 0.29) is 31.1 Å². The predicted octanol–water partition coefficient (Wildman–Crippen LogP) is 2.11. The molecular weight excluding hydrogens is 412 g/mol. The zero-order valence-electron chi connectivity index (χ0n) is 16.9. The lowest BCUT2D eigenvalue weighted by atomic mass is 10.2. The largest absolute Gasteiger partial charge is 0.493 e. The molecule has 0 atom stereocenters. The fourth-order valence-corrected chi connectivity index (χ4v) is 3.22. The van der Waals surface area contributed by atoms with Gasteiger partial charge in [0, 0.05) is 13.1 Å². The van der Waals surface area contributed by atoms with Crippen LogP contribution in [0.3, 0.4) is 0 Å². The van der Waals surface area contributed by atoms with Crippen molar-refractivity contribution >= 4 is 16.8 Å². The van der Waals surface area contributed by atoms with Crippen LogP contribution in [-0.4, -0.2) is 28.8 Å². The first-order chi connectivity index (χ1) is 14.8. The third-order valence-electron chi connectivity index (χ3n) is 4.68. The predicted molar refractivity (Wildman–Crippen MR) is 110 cm³/mol. The minimum absolute atomic E-state index is 0.0737. The van der Waals surface area contributed by atoms with Crippen LogP contribution in [0.25, 0.3) is 10.9 Å².